The van der Waals surface area contributed by atoms with Gasteiger partial charge in [-0.15, -0.1) is 0 Å². The van der Waals surface area contributed by atoms with Gasteiger partial charge in [-0.3, -0.25) is 8.97 Å². The molecule has 0 spiro atoms. The Labute approximate surface area is 362 Å². The van der Waals surface area contributed by atoms with Crippen molar-refractivity contribution < 1.29 is 0 Å². The van der Waals surface area contributed by atoms with E-state index >= 15 is 0 Å². The molecule has 0 saturated carbocycles. The molecule has 5 aromatic heterocycles. The number of allylic oxidation sites excluding steroid dienone is 5. The first-order valence-corrected chi connectivity index (χ1v) is 21.1. The smallest absolute Gasteiger partial charge is 0.241 e. The molecule has 5 heterocycles. The first-order chi connectivity index (χ1) is 31.2. The number of rotatable bonds is 8. The highest BCUT2D eigenvalue weighted by molar-refractivity contribution is 6.13. The molecule has 7 aromatic carbocycles. The van der Waals surface area contributed by atoms with Crippen molar-refractivity contribution in [2.45, 2.75) is 6.92 Å². The number of imidazole rings is 2. The van der Waals surface area contributed by atoms with Crippen LogP contribution in [-0.4, -0.2) is 38.0 Å². The SMILES string of the molecule is C=C/C(=C\C=C/C)n1c2ccccc2c2cc(-c3ccc4c(c3)c3c(nc5n(-c6nc(-c7ccccc7)nc(-c7ccccc7)n6)c6ccccc6n35)n4-c3ccccc3)ccc21. The molecule has 0 amide bonds. The average molecular weight is 811 g/mol. The first-order valence-electron chi connectivity index (χ1n) is 21.1. The monoisotopic (exact) mass is 810 g/mol. The van der Waals surface area contributed by atoms with Gasteiger partial charge in [0, 0.05) is 38.7 Å². The fraction of sp³-hybridized carbons (Fsp3) is 0.0182. The van der Waals surface area contributed by atoms with E-state index in [-0.39, 0.29) is 0 Å². The number of aromatic nitrogens is 8. The van der Waals surface area contributed by atoms with Crippen molar-refractivity contribution in [1.82, 2.24) is 38.0 Å². The van der Waals surface area contributed by atoms with Gasteiger partial charge in [0.15, 0.2) is 17.3 Å². The van der Waals surface area contributed by atoms with E-state index in [9.17, 15) is 0 Å². The Morgan fingerprint density at radius 3 is 1.73 bits per heavy atom. The maximum atomic E-state index is 5.54. The Morgan fingerprint density at radius 1 is 0.492 bits per heavy atom. The number of hydrogen-bond donors (Lipinski definition) is 0. The van der Waals surface area contributed by atoms with E-state index in [1.54, 1.807) is 0 Å². The van der Waals surface area contributed by atoms with Crippen LogP contribution in [0.15, 0.2) is 207 Å². The van der Waals surface area contributed by atoms with Crippen LogP contribution in [-0.2, 0) is 0 Å². The Morgan fingerprint density at radius 2 is 1.06 bits per heavy atom. The third-order valence-electron chi connectivity index (χ3n) is 11.9. The summed E-state index contributed by atoms with van der Waals surface area (Å²) in [6, 6.07) is 61.2. The molecule has 8 nitrogen and oxygen atoms in total. The van der Waals surface area contributed by atoms with Crippen LogP contribution in [0.4, 0.5) is 0 Å². The van der Waals surface area contributed by atoms with Crippen molar-refractivity contribution in [3.8, 4) is 45.5 Å². The number of nitrogens with zero attached hydrogens (tertiary/aromatic N) is 8. The predicted octanol–water partition coefficient (Wildman–Crippen LogP) is 13.3. The summed E-state index contributed by atoms with van der Waals surface area (Å²) in [5, 5.41) is 3.45. The van der Waals surface area contributed by atoms with Crippen molar-refractivity contribution in [3.63, 3.8) is 0 Å². The van der Waals surface area contributed by atoms with Crippen LogP contribution in [0.3, 0.4) is 0 Å². The van der Waals surface area contributed by atoms with Gasteiger partial charge in [0.25, 0.3) is 0 Å². The molecule has 0 saturated heterocycles. The summed E-state index contributed by atoms with van der Waals surface area (Å²) in [4.78, 5) is 20.9. The number of hydrogen-bond acceptors (Lipinski definition) is 4. The van der Waals surface area contributed by atoms with Crippen molar-refractivity contribution in [3.05, 3.63) is 207 Å². The summed E-state index contributed by atoms with van der Waals surface area (Å²) in [6.07, 6.45) is 8.13. The predicted molar refractivity (Wildman–Crippen MR) is 258 cm³/mol. The molecule has 0 atom stereocenters. The molecule has 0 aliphatic rings. The topological polar surface area (TPSA) is 70.8 Å². The lowest BCUT2D eigenvalue weighted by Crippen LogP contribution is -2.07. The maximum Gasteiger partial charge on any atom is 0.241 e. The third kappa shape index (κ3) is 5.69. The van der Waals surface area contributed by atoms with Crippen molar-refractivity contribution in [2.24, 2.45) is 0 Å². The van der Waals surface area contributed by atoms with Crippen LogP contribution >= 0.6 is 0 Å². The van der Waals surface area contributed by atoms with Gasteiger partial charge in [0.2, 0.25) is 11.7 Å². The highest BCUT2D eigenvalue weighted by Crippen LogP contribution is 2.40. The van der Waals surface area contributed by atoms with Gasteiger partial charge in [-0.25, -0.2) is 9.55 Å². The molecule has 8 heteroatoms. The van der Waals surface area contributed by atoms with Crippen molar-refractivity contribution in [2.75, 3.05) is 0 Å². The second-order valence-electron chi connectivity index (χ2n) is 15.6. The van der Waals surface area contributed by atoms with E-state index in [4.69, 9.17) is 19.9 Å². The van der Waals surface area contributed by atoms with E-state index in [0.29, 0.717) is 23.4 Å². The normalized spacial score (nSPS) is 12.3. The van der Waals surface area contributed by atoms with Crippen molar-refractivity contribution in [1.29, 1.82) is 0 Å². The summed E-state index contributed by atoms with van der Waals surface area (Å²) in [7, 11) is 0. The number of para-hydroxylation sites is 4. The third-order valence-corrected chi connectivity index (χ3v) is 11.9. The molecule has 0 radical (unpaired) electrons. The first kappa shape index (κ1) is 36.2. The minimum atomic E-state index is 0.491. The van der Waals surface area contributed by atoms with Crippen LogP contribution in [0, 0.1) is 0 Å². The van der Waals surface area contributed by atoms with Gasteiger partial charge in [-0.2, -0.15) is 15.0 Å². The van der Waals surface area contributed by atoms with Gasteiger partial charge in [0.05, 0.1) is 27.6 Å². The Balaban J connectivity index is 1.13. The Kier molecular flexibility index (Phi) is 8.36. The summed E-state index contributed by atoms with van der Waals surface area (Å²) < 4.78 is 8.91. The van der Waals surface area contributed by atoms with Crippen LogP contribution in [0.1, 0.15) is 6.92 Å². The zero-order valence-electron chi connectivity index (χ0n) is 34.3. The quantitative estimate of drug-likeness (QED) is 0.143. The van der Waals surface area contributed by atoms with E-state index in [1.807, 2.05) is 85.8 Å². The highest BCUT2D eigenvalue weighted by atomic mass is 15.3. The van der Waals surface area contributed by atoms with Crippen LogP contribution in [0.25, 0.3) is 112 Å². The standard InChI is InChI=1S/C55H38N8/c1-3-5-23-40(4-2)60-45-27-16-15-26-42(45)43-34-38(30-32-46(43)60)39-31-33-47-44(35-39)50-53(61(47)41-24-13-8-14-25-41)59-55-62(50)48-28-17-18-29-49(48)63(55)54-57-51(36-19-9-6-10-20-36)56-52(58-54)37-21-11-7-12-22-37/h3-35H,2H2,1H3/b5-3-,40-23+. The highest BCUT2D eigenvalue weighted by Gasteiger charge is 2.26. The summed E-state index contributed by atoms with van der Waals surface area (Å²) in [5.74, 6) is 2.38. The molecule has 298 valence electrons. The fourth-order valence-corrected chi connectivity index (χ4v) is 9.13. The number of fused-ring (bicyclic) bond motifs is 10. The Hall–Kier alpha value is -8.62. The molecule has 0 aliphatic heterocycles. The molecule has 0 N–H and O–H groups in total. The maximum absolute atomic E-state index is 5.54. The lowest BCUT2D eigenvalue weighted by atomic mass is 10.0. The minimum absolute atomic E-state index is 0.491. The lowest BCUT2D eigenvalue weighted by Gasteiger charge is -2.10. The van der Waals surface area contributed by atoms with E-state index < -0.39 is 0 Å². The largest absolute Gasteiger partial charge is 0.309 e. The van der Waals surface area contributed by atoms with E-state index in [1.165, 1.54) is 10.8 Å². The van der Waals surface area contributed by atoms with E-state index in [0.717, 1.165) is 77.8 Å². The second kappa shape index (κ2) is 14.5. The lowest BCUT2D eigenvalue weighted by molar-refractivity contribution is 0.936. The molecule has 63 heavy (non-hydrogen) atoms. The number of benzene rings is 7. The zero-order valence-corrected chi connectivity index (χ0v) is 34.3. The molecule has 12 aromatic rings. The van der Waals surface area contributed by atoms with Gasteiger partial charge < -0.3 is 4.57 Å². The van der Waals surface area contributed by atoms with E-state index in [2.05, 4.69) is 146 Å². The molecule has 0 aliphatic carbocycles. The van der Waals surface area contributed by atoms with Gasteiger partial charge in [-0.1, -0.05) is 140 Å². The molecule has 0 bridgehead atoms. The van der Waals surface area contributed by atoms with Gasteiger partial charge in [0.1, 0.15) is 5.52 Å². The average Bonchev–Trinajstić information content (AvgIpc) is 4.07. The second-order valence-corrected chi connectivity index (χ2v) is 15.6. The molecule has 0 unspecified atom stereocenters. The Bertz CT molecular complexity index is 3750. The molecule has 0 fully saturated rings. The van der Waals surface area contributed by atoms with Crippen LogP contribution < -0.4 is 0 Å². The minimum Gasteiger partial charge on any atom is -0.309 e. The van der Waals surface area contributed by atoms with Gasteiger partial charge >= 0.3 is 0 Å². The van der Waals surface area contributed by atoms with Gasteiger partial charge in [-0.05, 0) is 84.8 Å². The molecule has 12 rings (SSSR count). The van der Waals surface area contributed by atoms with Crippen LogP contribution in [0.5, 0.6) is 0 Å². The summed E-state index contributed by atoms with van der Waals surface area (Å²) >= 11 is 0. The molecular weight excluding hydrogens is 773 g/mol. The summed E-state index contributed by atoms with van der Waals surface area (Å²) in [5.41, 5.74) is 13.2. The summed E-state index contributed by atoms with van der Waals surface area (Å²) in [6.45, 7) is 6.20. The van der Waals surface area contributed by atoms with Crippen molar-refractivity contribution >= 4 is 66.4 Å². The van der Waals surface area contributed by atoms with Crippen LogP contribution in [0.2, 0.25) is 0 Å². The fourth-order valence-electron chi connectivity index (χ4n) is 9.13. The zero-order chi connectivity index (χ0) is 42.0. The molecular formula is C55H38N8.